The van der Waals surface area contributed by atoms with Crippen molar-refractivity contribution in [3.63, 3.8) is 0 Å². The van der Waals surface area contributed by atoms with Crippen LogP contribution in [-0.2, 0) is 6.18 Å². The lowest BCUT2D eigenvalue weighted by atomic mass is 10.2. The molecule has 0 atom stereocenters. The first-order chi connectivity index (χ1) is 8.79. The van der Waals surface area contributed by atoms with Gasteiger partial charge in [-0.15, -0.1) is 0 Å². The molecule has 2 aromatic heterocycles. The van der Waals surface area contributed by atoms with Crippen molar-refractivity contribution in [1.82, 2.24) is 14.8 Å². The van der Waals surface area contributed by atoms with Gasteiger partial charge in [-0.25, -0.2) is 9.67 Å². The van der Waals surface area contributed by atoms with Gasteiger partial charge in [-0.05, 0) is 19.1 Å². The number of alkyl halides is 3. The van der Waals surface area contributed by atoms with Gasteiger partial charge in [-0.2, -0.15) is 18.3 Å². The second kappa shape index (κ2) is 4.61. The molecule has 0 unspecified atom stereocenters. The first-order valence-corrected chi connectivity index (χ1v) is 5.59. The molecule has 0 aliphatic heterocycles. The highest BCUT2D eigenvalue weighted by Gasteiger charge is 2.32. The van der Waals surface area contributed by atoms with E-state index in [1.165, 1.54) is 0 Å². The van der Waals surface area contributed by atoms with Crippen molar-refractivity contribution in [2.75, 3.05) is 0 Å². The van der Waals surface area contributed by atoms with E-state index in [-0.39, 0.29) is 10.8 Å². The lowest BCUT2D eigenvalue weighted by molar-refractivity contribution is -0.137. The summed E-state index contributed by atoms with van der Waals surface area (Å²) < 4.78 is 38.6. The van der Waals surface area contributed by atoms with Crippen LogP contribution < -0.4 is 5.73 Å². The van der Waals surface area contributed by atoms with E-state index in [9.17, 15) is 13.2 Å². The van der Waals surface area contributed by atoms with Gasteiger partial charge < -0.3 is 5.73 Å². The normalized spacial score (nSPS) is 11.6. The molecule has 0 saturated heterocycles. The van der Waals surface area contributed by atoms with Gasteiger partial charge in [0.15, 0.2) is 5.82 Å². The second-order valence-corrected chi connectivity index (χ2v) is 4.30. The SMILES string of the molecule is Cc1ccc(C(N)=S)c(-n2cc(C(F)(F)F)cn2)n1. The molecular weight excluding hydrogens is 277 g/mol. The van der Waals surface area contributed by atoms with Gasteiger partial charge in [0.2, 0.25) is 0 Å². The predicted molar refractivity (Wildman–Crippen MR) is 67.0 cm³/mol. The van der Waals surface area contributed by atoms with Crippen LogP contribution in [0.2, 0.25) is 0 Å². The molecule has 0 amide bonds. The molecule has 19 heavy (non-hydrogen) atoms. The molecule has 0 aliphatic rings. The summed E-state index contributed by atoms with van der Waals surface area (Å²) in [6.45, 7) is 1.71. The number of aryl methyl sites for hydroxylation is 1. The van der Waals surface area contributed by atoms with Crippen LogP contribution in [0, 0.1) is 6.92 Å². The summed E-state index contributed by atoms with van der Waals surface area (Å²) in [5, 5.41) is 3.66. The summed E-state index contributed by atoms with van der Waals surface area (Å²) in [7, 11) is 0. The topological polar surface area (TPSA) is 56.7 Å². The third kappa shape index (κ3) is 2.73. The van der Waals surface area contributed by atoms with Gasteiger partial charge >= 0.3 is 6.18 Å². The van der Waals surface area contributed by atoms with Crippen LogP contribution in [0.25, 0.3) is 5.82 Å². The number of rotatable bonds is 2. The molecule has 0 fully saturated rings. The highest BCUT2D eigenvalue weighted by Crippen LogP contribution is 2.29. The van der Waals surface area contributed by atoms with E-state index in [4.69, 9.17) is 18.0 Å². The standard InChI is InChI=1S/C11H9F3N4S/c1-6-2-3-8(9(15)19)10(17-6)18-5-7(4-16-18)11(12,13)14/h2-5H,1H3,(H2,15,19). The van der Waals surface area contributed by atoms with E-state index in [0.29, 0.717) is 11.3 Å². The largest absolute Gasteiger partial charge is 0.419 e. The fourth-order valence-corrected chi connectivity index (χ4v) is 1.65. The molecule has 0 bridgehead atoms. The number of halogens is 3. The minimum atomic E-state index is -4.45. The third-order valence-electron chi connectivity index (χ3n) is 2.41. The fourth-order valence-electron chi connectivity index (χ4n) is 1.49. The molecule has 2 heterocycles. The zero-order valence-electron chi connectivity index (χ0n) is 9.77. The lowest BCUT2D eigenvalue weighted by Gasteiger charge is -2.08. The molecule has 4 nitrogen and oxygen atoms in total. The fraction of sp³-hybridized carbons (Fsp3) is 0.182. The van der Waals surface area contributed by atoms with E-state index in [0.717, 1.165) is 17.1 Å². The number of pyridine rings is 1. The average Bonchev–Trinajstić information content (AvgIpc) is 2.77. The van der Waals surface area contributed by atoms with E-state index < -0.39 is 11.7 Å². The van der Waals surface area contributed by atoms with Crippen molar-refractivity contribution in [2.24, 2.45) is 5.73 Å². The molecule has 2 N–H and O–H groups in total. The molecule has 0 radical (unpaired) electrons. The van der Waals surface area contributed by atoms with Crippen molar-refractivity contribution in [1.29, 1.82) is 0 Å². The van der Waals surface area contributed by atoms with Crippen molar-refractivity contribution in [2.45, 2.75) is 13.1 Å². The Morgan fingerprint density at radius 3 is 2.58 bits per heavy atom. The van der Waals surface area contributed by atoms with Crippen LogP contribution in [0.3, 0.4) is 0 Å². The summed E-state index contributed by atoms with van der Waals surface area (Å²) in [5.74, 6) is 0.183. The van der Waals surface area contributed by atoms with Crippen molar-refractivity contribution >= 4 is 17.2 Å². The minimum absolute atomic E-state index is 0.0477. The monoisotopic (exact) mass is 286 g/mol. The Morgan fingerprint density at radius 1 is 1.37 bits per heavy atom. The van der Waals surface area contributed by atoms with Crippen molar-refractivity contribution in [3.05, 3.63) is 41.3 Å². The van der Waals surface area contributed by atoms with Crippen molar-refractivity contribution < 1.29 is 13.2 Å². The zero-order chi connectivity index (χ0) is 14.2. The predicted octanol–water partition coefficient (Wildman–Crippen LogP) is 2.23. The summed E-state index contributed by atoms with van der Waals surface area (Å²) in [4.78, 5) is 4.17. The minimum Gasteiger partial charge on any atom is -0.389 e. The van der Waals surface area contributed by atoms with Crippen LogP contribution in [0.1, 0.15) is 16.8 Å². The summed E-state index contributed by atoms with van der Waals surface area (Å²) in [6.07, 6.45) is -2.87. The number of hydrogen-bond acceptors (Lipinski definition) is 3. The first-order valence-electron chi connectivity index (χ1n) is 5.18. The second-order valence-electron chi connectivity index (χ2n) is 3.86. The van der Waals surface area contributed by atoms with Crippen LogP contribution in [0.4, 0.5) is 13.2 Å². The van der Waals surface area contributed by atoms with Gasteiger partial charge in [0.25, 0.3) is 0 Å². The van der Waals surface area contributed by atoms with E-state index in [2.05, 4.69) is 10.1 Å². The summed E-state index contributed by atoms with van der Waals surface area (Å²) in [5.41, 5.74) is 5.66. The van der Waals surface area contributed by atoms with Gasteiger partial charge in [0.1, 0.15) is 4.99 Å². The maximum absolute atomic E-state index is 12.5. The van der Waals surface area contributed by atoms with Gasteiger partial charge in [-0.3, -0.25) is 0 Å². The Balaban J connectivity index is 2.55. The van der Waals surface area contributed by atoms with Gasteiger partial charge in [0.05, 0.1) is 17.3 Å². The van der Waals surface area contributed by atoms with Crippen LogP contribution >= 0.6 is 12.2 Å². The highest BCUT2D eigenvalue weighted by molar-refractivity contribution is 7.80. The van der Waals surface area contributed by atoms with Gasteiger partial charge in [-0.1, -0.05) is 12.2 Å². The molecule has 8 heteroatoms. The molecular formula is C11H9F3N4S. The van der Waals surface area contributed by atoms with E-state index in [1.54, 1.807) is 19.1 Å². The Morgan fingerprint density at radius 2 is 2.05 bits per heavy atom. The summed E-state index contributed by atoms with van der Waals surface area (Å²) >= 11 is 4.85. The Kier molecular flexibility index (Phi) is 3.27. The lowest BCUT2D eigenvalue weighted by Crippen LogP contribution is -2.15. The zero-order valence-corrected chi connectivity index (χ0v) is 10.6. The number of aromatic nitrogens is 3. The van der Waals surface area contributed by atoms with E-state index >= 15 is 0 Å². The quantitative estimate of drug-likeness (QED) is 0.860. The molecule has 2 aromatic rings. The average molecular weight is 286 g/mol. The van der Waals surface area contributed by atoms with Crippen LogP contribution in [0.15, 0.2) is 24.5 Å². The summed E-state index contributed by atoms with van der Waals surface area (Å²) in [6, 6.07) is 3.28. The molecule has 0 saturated carbocycles. The number of thiocarbonyl (C=S) groups is 1. The Bertz CT molecular complexity index is 633. The van der Waals surface area contributed by atoms with Gasteiger partial charge in [0, 0.05) is 11.9 Å². The third-order valence-corrected chi connectivity index (χ3v) is 2.63. The Labute approximate surface area is 112 Å². The number of nitrogens with zero attached hydrogens (tertiary/aromatic N) is 3. The van der Waals surface area contributed by atoms with Crippen molar-refractivity contribution in [3.8, 4) is 5.82 Å². The molecule has 0 spiro atoms. The van der Waals surface area contributed by atoms with Crippen LogP contribution in [0.5, 0.6) is 0 Å². The first kappa shape index (κ1) is 13.5. The smallest absolute Gasteiger partial charge is 0.389 e. The number of hydrogen-bond donors (Lipinski definition) is 1. The maximum atomic E-state index is 12.5. The number of nitrogens with two attached hydrogens (primary N) is 1. The Hall–Kier alpha value is -1.96. The molecule has 100 valence electrons. The highest BCUT2D eigenvalue weighted by atomic mass is 32.1. The van der Waals surface area contributed by atoms with Crippen LogP contribution in [-0.4, -0.2) is 19.8 Å². The maximum Gasteiger partial charge on any atom is 0.419 e. The van der Waals surface area contributed by atoms with E-state index in [1.807, 2.05) is 0 Å². The molecule has 2 rings (SSSR count). The molecule has 0 aromatic carbocycles. The molecule has 0 aliphatic carbocycles.